The molecule has 5 N–H and O–H groups in total. The van der Waals surface area contributed by atoms with Crippen molar-refractivity contribution in [1.29, 1.82) is 0 Å². The Hall–Kier alpha value is -1.17. The normalized spacial score (nSPS) is 19.2. The SMILES string of the molecule is CC(C)(C(Cc1cccnc1N)NN)N1CCCCCC1. The van der Waals surface area contributed by atoms with Crippen LogP contribution in [0.1, 0.15) is 45.1 Å². The van der Waals surface area contributed by atoms with Crippen LogP contribution < -0.4 is 17.0 Å². The maximum absolute atomic E-state index is 5.98. The molecule has 1 fully saturated rings. The molecule has 1 atom stereocenters. The maximum atomic E-state index is 5.98. The van der Waals surface area contributed by atoms with Gasteiger partial charge >= 0.3 is 0 Å². The molecule has 0 aliphatic carbocycles. The number of pyridine rings is 1. The molecule has 5 nitrogen and oxygen atoms in total. The monoisotopic (exact) mass is 291 g/mol. The van der Waals surface area contributed by atoms with E-state index in [2.05, 4.69) is 29.2 Å². The van der Waals surface area contributed by atoms with Crippen molar-refractivity contribution in [1.82, 2.24) is 15.3 Å². The van der Waals surface area contributed by atoms with Gasteiger partial charge in [0.2, 0.25) is 0 Å². The molecule has 21 heavy (non-hydrogen) atoms. The Balaban J connectivity index is 2.12. The van der Waals surface area contributed by atoms with Gasteiger partial charge in [-0.15, -0.1) is 0 Å². The fourth-order valence-electron chi connectivity index (χ4n) is 3.22. The molecular weight excluding hydrogens is 262 g/mol. The molecule has 1 aromatic rings. The van der Waals surface area contributed by atoms with E-state index >= 15 is 0 Å². The molecular formula is C16H29N5. The van der Waals surface area contributed by atoms with Gasteiger partial charge in [0, 0.05) is 17.8 Å². The van der Waals surface area contributed by atoms with Gasteiger partial charge in [0.05, 0.1) is 0 Å². The van der Waals surface area contributed by atoms with Gasteiger partial charge in [-0.25, -0.2) is 4.98 Å². The van der Waals surface area contributed by atoms with E-state index in [9.17, 15) is 0 Å². The number of hydrazine groups is 1. The lowest BCUT2D eigenvalue weighted by Gasteiger charge is -2.43. The Kier molecular flexibility index (Phi) is 5.56. The first-order chi connectivity index (χ1) is 10.1. The molecule has 1 aliphatic heterocycles. The summed E-state index contributed by atoms with van der Waals surface area (Å²) >= 11 is 0. The minimum atomic E-state index is -0.0125. The van der Waals surface area contributed by atoms with Crippen LogP contribution in [0.4, 0.5) is 5.82 Å². The fourth-order valence-corrected chi connectivity index (χ4v) is 3.22. The Labute approximate surface area is 128 Å². The summed E-state index contributed by atoms with van der Waals surface area (Å²) < 4.78 is 0. The van der Waals surface area contributed by atoms with Crippen molar-refractivity contribution < 1.29 is 0 Å². The zero-order chi connectivity index (χ0) is 15.3. The number of hydrogen-bond acceptors (Lipinski definition) is 5. The zero-order valence-electron chi connectivity index (χ0n) is 13.3. The number of aromatic nitrogens is 1. The van der Waals surface area contributed by atoms with E-state index in [4.69, 9.17) is 11.6 Å². The smallest absolute Gasteiger partial charge is 0.126 e. The molecule has 1 unspecified atom stereocenters. The van der Waals surface area contributed by atoms with Crippen LogP contribution in [0, 0.1) is 0 Å². The van der Waals surface area contributed by atoms with Crippen molar-refractivity contribution in [3.8, 4) is 0 Å². The van der Waals surface area contributed by atoms with Gasteiger partial charge < -0.3 is 5.73 Å². The first kappa shape index (κ1) is 16.2. The number of nitrogen functional groups attached to an aromatic ring is 1. The van der Waals surface area contributed by atoms with Gasteiger partial charge in [-0.1, -0.05) is 18.9 Å². The second-order valence-electron chi connectivity index (χ2n) is 6.53. The van der Waals surface area contributed by atoms with Crippen molar-refractivity contribution in [2.24, 2.45) is 5.84 Å². The van der Waals surface area contributed by atoms with Crippen LogP contribution in [-0.4, -0.2) is 34.6 Å². The highest BCUT2D eigenvalue weighted by atomic mass is 15.3. The summed E-state index contributed by atoms with van der Waals surface area (Å²) in [5.41, 5.74) is 10.0. The quantitative estimate of drug-likeness (QED) is 0.568. The van der Waals surface area contributed by atoms with Crippen molar-refractivity contribution >= 4 is 5.82 Å². The molecule has 0 bridgehead atoms. The summed E-state index contributed by atoms with van der Waals surface area (Å²) in [6.45, 7) is 6.84. The van der Waals surface area contributed by atoms with Crippen molar-refractivity contribution in [2.45, 2.75) is 57.5 Å². The maximum Gasteiger partial charge on any atom is 0.126 e. The molecule has 2 rings (SSSR count). The predicted molar refractivity (Wildman–Crippen MR) is 87.6 cm³/mol. The van der Waals surface area contributed by atoms with E-state index in [1.165, 1.54) is 25.7 Å². The van der Waals surface area contributed by atoms with Gasteiger partial charge in [0.25, 0.3) is 0 Å². The van der Waals surface area contributed by atoms with Gasteiger partial charge in [-0.2, -0.15) is 0 Å². The first-order valence-corrected chi connectivity index (χ1v) is 7.96. The van der Waals surface area contributed by atoms with Crippen molar-refractivity contribution in [2.75, 3.05) is 18.8 Å². The second-order valence-corrected chi connectivity index (χ2v) is 6.53. The molecule has 0 saturated carbocycles. The number of hydrogen-bond donors (Lipinski definition) is 3. The summed E-state index contributed by atoms with van der Waals surface area (Å²) in [6, 6.07) is 4.10. The number of anilines is 1. The fraction of sp³-hybridized carbons (Fsp3) is 0.688. The largest absolute Gasteiger partial charge is 0.383 e. The Morgan fingerprint density at radius 1 is 1.29 bits per heavy atom. The standard InChI is InChI=1S/C16H29N5/c1-16(2,21-10-5-3-4-6-11-21)14(20-18)12-13-8-7-9-19-15(13)17/h7-9,14,20H,3-6,10-12,18H2,1-2H3,(H2,17,19). The minimum absolute atomic E-state index is 0.0125. The highest BCUT2D eigenvalue weighted by Gasteiger charge is 2.35. The van der Waals surface area contributed by atoms with Crippen LogP contribution in [0.15, 0.2) is 18.3 Å². The summed E-state index contributed by atoms with van der Waals surface area (Å²) in [5.74, 6) is 6.47. The molecule has 118 valence electrons. The van der Waals surface area contributed by atoms with E-state index in [1.54, 1.807) is 6.20 Å². The van der Waals surface area contributed by atoms with E-state index in [1.807, 2.05) is 12.1 Å². The van der Waals surface area contributed by atoms with E-state index in [0.717, 1.165) is 25.1 Å². The van der Waals surface area contributed by atoms with E-state index in [0.29, 0.717) is 5.82 Å². The number of rotatable bonds is 5. The lowest BCUT2D eigenvalue weighted by molar-refractivity contribution is 0.0835. The van der Waals surface area contributed by atoms with Crippen LogP contribution in [0.25, 0.3) is 0 Å². The molecule has 0 spiro atoms. The summed E-state index contributed by atoms with van der Waals surface area (Å²) in [7, 11) is 0. The van der Waals surface area contributed by atoms with Crippen molar-refractivity contribution in [3.63, 3.8) is 0 Å². The second kappa shape index (κ2) is 7.20. The first-order valence-electron chi connectivity index (χ1n) is 7.96. The topological polar surface area (TPSA) is 80.2 Å². The Morgan fingerprint density at radius 3 is 2.52 bits per heavy atom. The van der Waals surface area contributed by atoms with Crippen LogP contribution in [-0.2, 0) is 6.42 Å². The minimum Gasteiger partial charge on any atom is -0.383 e. The predicted octanol–water partition coefficient (Wildman–Crippen LogP) is 1.69. The van der Waals surface area contributed by atoms with Gasteiger partial charge in [-0.3, -0.25) is 16.2 Å². The van der Waals surface area contributed by atoms with Gasteiger partial charge in [-0.05, 0) is 57.8 Å². The lowest BCUT2D eigenvalue weighted by Crippen LogP contribution is -2.60. The number of likely N-dealkylation sites (tertiary alicyclic amines) is 1. The summed E-state index contributed by atoms with van der Waals surface area (Å²) in [6.07, 6.45) is 7.74. The van der Waals surface area contributed by atoms with Crippen LogP contribution >= 0.6 is 0 Å². The Morgan fingerprint density at radius 2 is 1.95 bits per heavy atom. The number of nitrogens with one attached hydrogen (secondary N) is 1. The highest BCUT2D eigenvalue weighted by molar-refractivity contribution is 5.39. The van der Waals surface area contributed by atoms with Crippen molar-refractivity contribution in [3.05, 3.63) is 23.9 Å². The third-order valence-electron chi connectivity index (χ3n) is 4.83. The molecule has 0 amide bonds. The van der Waals surface area contributed by atoms with Gasteiger partial charge in [0.15, 0.2) is 0 Å². The molecule has 1 saturated heterocycles. The number of nitrogens with zero attached hydrogens (tertiary/aromatic N) is 2. The molecule has 2 heterocycles. The molecule has 0 aromatic carbocycles. The Bertz CT molecular complexity index is 438. The zero-order valence-corrected chi connectivity index (χ0v) is 13.3. The molecule has 5 heteroatoms. The lowest BCUT2D eigenvalue weighted by atomic mass is 9.87. The average molecular weight is 291 g/mol. The van der Waals surface area contributed by atoms with Crippen LogP contribution in [0.5, 0.6) is 0 Å². The van der Waals surface area contributed by atoms with Gasteiger partial charge in [0.1, 0.15) is 5.82 Å². The molecule has 1 aliphatic rings. The average Bonchev–Trinajstić information content (AvgIpc) is 2.75. The van der Waals surface area contributed by atoms with E-state index in [-0.39, 0.29) is 11.6 Å². The molecule has 0 radical (unpaired) electrons. The third-order valence-corrected chi connectivity index (χ3v) is 4.83. The van der Waals surface area contributed by atoms with E-state index < -0.39 is 0 Å². The van der Waals surface area contributed by atoms with Crippen LogP contribution in [0.3, 0.4) is 0 Å². The third kappa shape index (κ3) is 3.93. The number of nitrogens with two attached hydrogens (primary N) is 2. The summed E-state index contributed by atoms with van der Waals surface area (Å²) in [4.78, 5) is 6.74. The molecule has 1 aromatic heterocycles. The highest BCUT2D eigenvalue weighted by Crippen LogP contribution is 2.26. The summed E-state index contributed by atoms with van der Waals surface area (Å²) in [5, 5.41) is 0. The van der Waals surface area contributed by atoms with Crippen LogP contribution in [0.2, 0.25) is 0 Å².